The topological polar surface area (TPSA) is 28.5 Å². The van der Waals surface area contributed by atoms with E-state index >= 15 is 0 Å². The maximum Gasteiger partial charge on any atom is 0.0937 e. The summed E-state index contributed by atoms with van der Waals surface area (Å²) in [5, 5.41) is 3.43. The van der Waals surface area contributed by atoms with Crippen molar-refractivity contribution in [1.29, 1.82) is 0 Å². The highest BCUT2D eigenvalue weighted by Gasteiger charge is 2.37. The zero-order chi connectivity index (χ0) is 50.1. The van der Waals surface area contributed by atoms with E-state index in [2.05, 4.69) is 264 Å². The van der Waals surface area contributed by atoms with E-state index in [0.29, 0.717) is 6.54 Å². The van der Waals surface area contributed by atoms with E-state index in [4.69, 9.17) is 9.98 Å². The lowest BCUT2D eigenvalue weighted by Gasteiger charge is -2.31. The van der Waals surface area contributed by atoms with Crippen LogP contribution in [0.1, 0.15) is 73.9 Å². The number of hydrogen-bond acceptors (Lipinski definition) is 3. The number of aromatic nitrogens is 1. The van der Waals surface area contributed by atoms with Crippen LogP contribution in [0, 0.1) is 0 Å². The SMILES string of the molecule is C=N/C(=C(/c1ccccc1)N(CC1=CCCC=C1)c1ccc(-c2cc3c(-c4ccc5c(c4)C(C)(C)c4ccccc4-5)cc(-c4ccc5c(c4)C(C)(C)c4ccccc4-5)nc3c3ccccc23)cc1)c1ccccc1. The van der Waals surface area contributed by atoms with Gasteiger partial charge in [-0.1, -0.05) is 216 Å². The fourth-order valence-electron chi connectivity index (χ4n) is 12.4. The summed E-state index contributed by atoms with van der Waals surface area (Å²) in [5.74, 6) is 0. The van der Waals surface area contributed by atoms with E-state index in [9.17, 15) is 0 Å². The monoisotopic (exact) mass is 951 g/mol. The van der Waals surface area contributed by atoms with Crippen LogP contribution >= 0.6 is 0 Å². The number of pyridine rings is 1. The molecule has 0 saturated carbocycles. The molecular weight excluding hydrogens is 895 g/mol. The van der Waals surface area contributed by atoms with Crippen LogP contribution in [0.15, 0.2) is 235 Å². The molecule has 3 nitrogen and oxygen atoms in total. The first kappa shape index (κ1) is 45.2. The van der Waals surface area contributed by atoms with Crippen molar-refractivity contribution in [3.8, 4) is 55.8 Å². The molecule has 3 aliphatic rings. The average molecular weight is 952 g/mol. The van der Waals surface area contributed by atoms with Crippen molar-refractivity contribution in [2.24, 2.45) is 4.99 Å². The van der Waals surface area contributed by atoms with Gasteiger partial charge in [-0.3, -0.25) is 4.99 Å². The number of benzene rings is 9. The van der Waals surface area contributed by atoms with Crippen molar-refractivity contribution in [2.45, 2.75) is 51.4 Å². The second-order valence-electron chi connectivity index (χ2n) is 21.3. The molecule has 3 aliphatic carbocycles. The second-order valence-corrected chi connectivity index (χ2v) is 21.3. The maximum absolute atomic E-state index is 5.70. The Balaban J connectivity index is 1.00. The summed E-state index contributed by atoms with van der Waals surface area (Å²) in [6.07, 6.45) is 9.02. The number of allylic oxidation sites excluding steroid dienone is 2. The third-order valence-electron chi connectivity index (χ3n) is 16.2. The normalized spacial score (nSPS) is 14.9. The molecule has 0 atom stereocenters. The van der Waals surface area contributed by atoms with Crippen LogP contribution < -0.4 is 4.90 Å². The Bertz CT molecular complexity index is 3980. The third-order valence-corrected chi connectivity index (χ3v) is 16.2. The molecule has 13 rings (SSSR count). The predicted octanol–water partition coefficient (Wildman–Crippen LogP) is 18.3. The molecule has 0 aliphatic heterocycles. The summed E-state index contributed by atoms with van der Waals surface area (Å²) in [6, 6.07) is 75.8. The molecule has 0 unspecified atom stereocenters. The van der Waals surface area contributed by atoms with Crippen molar-refractivity contribution < 1.29 is 0 Å². The van der Waals surface area contributed by atoms with Gasteiger partial charge in [-0.05, 0) is 134 Å². The Morgan fingerprint density at radius 2 is 1.03 bits per heavy atom. The van der Waals surface area contributed by atoms with Gasteiger partial charge in [-0.25, -0.2) is 4.98 Å². The Labute approximate surface area is 435 Å². The highest BCUT2D eigenvalue weighted by Crippen LogP contribution is 2.52. The number of nitrogens with zero attached hydrogens (tertiary/aromatic N) is 3. The molecule has 0 amide bonds. The highest BCUT2D eigenvalue weighted by molar-refractivity contribution is 6.16. The molecule has 3 heteroatoms. The number of fused-ring (bicyclic) bond motifs is 9. The van der Waals surface area contributed by atoms with Crippen LogP contribution in [-0.4, -0.2) is 18.2 Å². The van der Waals surface area contributed by atoms with Gasteiger partial charge < -0.3 is 4.90 Å². The van der Waals surface area contributed by atoms with Crippen molar-refractivity contribution in [2.75, 3.05) is 11.4 Å². The number of hydrogen-bond donors (Lipinski definition) is 0. The van der Waals surface area contributed by atoms with Gasteiger partial charge in [-0.2, -0.15) is 0 Å². The van der Waals surface area contributed by atoms with E-state index in [1.54, 1.807) is 0 Å². The lowest BCUT2D eigenvalue weighted by molar-refractivity contribution is 0.660. The van der Waals surface area contributed by atoms with Crippen molar-refractivity contribution in [3.05, 3.63) is 263 Å². The number of rotatable bonds is 10. The zero-order valence-electron chi connectivity index (χ0n) is 42.5. The lowest BCUT2D eigenvalue weighted by Crippen LogP contribution is -2.25. The summed E-state index contributed by atoms with van der Waals surface area (Å²) in [5.41, 5.74) is 24.5. The Hall–Kier alpha value is -8.66. The molecule has 356 valence electrons. The Morgan fingerprint density at radius 1 is 0.486 bits per heavy atom. The molecule has 1 heterocycles. The minimum absolute atomic E-state index is 0.132. The minimum Gasteiger partial charge on any atom is -0.335 e. The molecule has 10 aromatic rings. The van der Waals surface area contributed by atoms with Crippen molar-refractivity contribution >= 4 is 45.5 Å². The standard InChI is InChI=1S/C71H57N3/c1-70(2)62-31-19-17-28-54(62)56-39-35-50(41-64(56)70)60-44-66(51-36-40-57-55-29-18-20-32-63(55)71(3,4)65(57)42-51)73-68-58-30-16-15-27-53(58)59(43-61(60)68)47-33-37-52(38-34-47)74(45-46-21-9-6-10-22-46)69(49-25-13-8-14-26-49)67(72-5)48-23-11-7-12-24-48/h7-9,11-44H,5-6,10,45H2,1-4H3/b69-67-. The first-order valence-corrected chi connectivity index (χ1v) is 26.1. The molecular formula is C71H57N3. The average Bonchev–Trinajstić information content (AvgIpc) is 3.83. The number of aliphatic imine (C=N–C) groups is 1. The number of anilines is 1. The Morgan fingerprint density at radius 3 is 1.66 bits per heavy atom. The quantitative estimate of drug-likeness (QED) is 0.0776. The fraction of sp³-hybridized carbons (Fsp3) is 0.127. The van der Waals surface area contributed by atoms with Gasteiger partial charge >= 0.3 is 0 Å². The summed E-state index contributed by atoms with van der Waals surface area (Å²) < 4.78 is 0. The molecule has 0 N–H and O–H groups in total. The molecule has 0 spiro atoms. The van der Waals surface area contributed by atoms with Crippen molar-refractivity contribution in [1.82, 2.24) is 4.98 Å². The largest absolute Gasteiger partial charge is 0.335 e. The van der Waals surface area contributed by atoms with Gasteiger partial charge in [-0.15, -0.1) is 0 Å². The molecule has 0 radical (unpaired) electrons. The Kier molecular flexibility index (Phi) is 10.9. The van der Waals surface area contributed by atoms with Crippen LogP contribution in [0.3, 0.4) is 0 Å². The van der Waals surface area contributed by atoms with Gasteiger partial charge in [0.25, 0.3) is 0 Å². The summed E-state index contributed by atoms with van der Waals surface area (Å²) in [7, 11) is 0. The van der Waals surface area contributed by atoms with Crippen LogP contribution in [-0.2, 0) is 10.8 Å². The first-order valence-electron chi connectivity index (χ1n) is 26.1. The predicted molar refractivity (Wildman–Crippen MR) is 314 cm³/mol. The molecule has 0 saturated heterocycles. The van der Waals surface area contributed by atoms with E-state index in [0.717, 1.165) is 74.2 Å². The summed E-state index contributed by atoms with van der Waals surface area (Å²) in [4.78, 5) is 12.9. The van der Waals surface area contributed by atoms with Crippen LogP contribution in [0.5, 0.6) is 0 Å². The van der Waals surface area contributed by atoms with E-state index in [-0.39, 0.29) is 10.8 Å². The first-order chi connectivity index (χ1) is 36.2. The maximum atomic E-state index is 5.70. The lowest BCUT2D eigenvalue weighted by atomic mass is 9.81. The summed E-state index contributed by atoms with van der Waals surface area (Å²) in [6.45, 7) is 14.3. The van der Waals surface area contributed by atoms with Gasteiger partial charge in [0.1, 0.15) is 0 Å². The second kappa shape index (κ2) is 17.8. The fourth-order valence-corrected chi connectivity index (χ4v) is 12.4. The van der Waals surface area contributed by atoms with E-state index < -0.39 is 0 Å². The molecule has 0 fully saturated rings. The van der Waals surface area contributed by atoms with Gasteiger partial charge in [0, 0.05) is 50.5 Å². The van der Waals surface area contributed by atoms with E-state index in [1.807, 2.05) is 0 Å². The van der Waals surface area contributed by atoms with Crippen molar-refractivity contribution in [3.63, 3.8) is 0 Å². The molecule has 9 aromatic carbocycles. The molecule has 74 heavy (non-hydrogen) atoms. The molecule has 0 bridgehead atoms. The zero-order valence-corrected chi connectivity index (χ0v) is 42.5. The third kappa shape index (κ3) is 7.40. The van der Waals surface area contributed by atoms with Crippen LogP contribution in [0.2, 0.25) is 0 Å². The smallest absolute Gasteiger partial charge is 0.0937 e. The van der Waals surface area contributed by atoms with Crippen LogP contribution in [0.4, 0.5) is 5.69 Å². The molecule has 1 aromatic heterocycles. The van der Waals surface area contributed by atoms with E-state index in [1.165, 1.54) is 72.2 Å². The van der Waals surface area contributed by atoms with Gasteiger partial charge in [0.05, 0.1) is 22.6 Å². The van der Waals surface area contributed by atoms with Gasteiger partial charge in [0.15, 0.2) is 0 Å². The minimum atomic E-state index is -0.148. The van der Waals surface area contributed by atoms with Gasteiger partial charge in [0.2, 0.25) is 0 Å². The highest BCUT2D eigenvalue weighted by atomic mass is 15.2. The summed E-state index contributed by atoms with van der Waals surface area (Å²) >= 11 is 0. The van der Waals surface area contributed by atoms with Crippen LogP contribution in [0.25, 0.3) is 88.8 Å².